The third kappa shape index (κ3) is 2.49. The SMILES string of the molecule is CC1=CC(=O)N(CCCC=[N+]2C(=O)C=C(C)C2=O)C1=O. The first-order chi connectivity index (χ1) is 9.41. The summed E-state index contributed by atoms with van der Waals surface area (Å²) in [6, 6.07) is 0. The average molecular weight is 275 g/mol. The van der Waals surface area contributed by atoms with Gasteiger partial charge in [-0.3, -0.25) is 14.5 Å². The van der Waals surface area contributed by atoms with Crippen LogP contribution >= 0.6 is 0 Å². The van der Waals surface area contributed by atoms with E-state index < -0.39 is 0 Å². The minimum Gasteiger partial charge on any atom is -0.275 e. The van der Waals surface area contributed by atoms with Crippen LogP contribution in [0.4, 0.5) is 0 Å². The standard InChI is InChI=1S/C14H15N2O4/c1-9-7-11(17)15(13(9)19)5-3-4-6-16-12(18)8-10(2)14(16)20/h5,7-8H,3-4,6H2,1-2H3/q+1. The molecule has 0 saturated carbocycles. The van der Waals surface area contributed by atoms with Gasteiger partial charge < -0.3 is 0 Å². The Morgan fingerprint density at radius 3 is 2.30 bits per heavy atom. The normalized spacial score (nSPS) is 21.1. The maximum Gasteiger partial charge on any atom is 0.423 e. The molecular formula is C14H15N2O4+. The van der Waals surface area contributed by atoms with Crippen molar-refractivity contribution < 1.29 is 23.8 Å². The van der Waals surface area contributed by atoms with Crippen LogP contribution in [0.15, 0.2) is 23.3 Å². The molecule has 2 aliphatic rings. The van der Waals surface area contributed by atoms with Gasteiger partial charge in [-0.2, -0.15) is 0 Å². The second-order valence-corrected chi connectivity index (χ2v) is 4.79. The molecule has 6 nitrogen and oxygen atoms in total. The van der Waals surface area contributed by atoms with Gasteiger partial charge in [-0.25, -0.2) is 9.59 Å². The fraction of sp³-hybridized carbons (Fsp3) is 0.357. The smallest absolute Gasteiger partial charge is 0.275 e. The summed E-state index contributed by atoms with van der Waals surface area (Å²) >= 11 is 0. The molecule has 0 bridgehead atoms. The van der Waals surface area contributed by atoms with E-state index in [4.69, 9.17) is 0 Å². The van der Waals surface area contributed by atoms with Crippen LogP contribution in [0, 0.1) is 0 Å². The van der Waals surface area contributed by atoms with Crippen molar-refractivity contribution in [3.63, 3.8) is 0 Å². The topological polar surface area (TPSA) is 74.5 Å². The Morgan fingerprint density at radius 2 is 1.80 bits per heavy atom. The lowest BCUT2D eigenvalue weighted by atomic mass is 10.3. The summed E-state index contributed by atoms with van der Waals surface area (Å²) in [5.41, 5.74) is 0.847. The summed E-state index contributed by atoms with van der Waals surface area (Å²) in [6.45, 7) is 3.47. The molecule has 0 atom stereocenters. The Kier molecular flexibility index (Phi) is 3.74. The lowest BCUT2D eigenvalue weighted by Gasteiger charge is -2.12. The molecule has 0 N–H and O–H groups in total. The lowest BCUT2D eigenvalue weighted by molar-refractivity contribution is -0.367. The zero-order chi connectivity index (χ0) is 14.9. The highest BCUT2D eigenvalue weighted by molar-refractivity contribution is 6.15. The van der Waals surface area contributed by atoms with Gasteiger partial charge in [0.2, 0.25) is 0 Å². The average Bonchev–Trinajstić information content (AvgIpc) is 2.76. The van der Waals surface area contributed by atoms with Crippen molar-refractivity contribution in [2.75, 3.05) is 6.54 Å². The quantitative estimate of drug-likeness (QED) is 0.416. The maximum absolute atomic E-state index is 11.6. The molecule has 0 aromatic rings. The van der Waals surface area contributed by atoms with Crippen LogP contribution in [0.1, 0.15) is 26.7 Å². The van der Waals surface area contributed by atoms with Crippen molar-refractivity contribution in [1.82, 2.24) is 4.90 Å². The van der Waals surface area contributed by atoms with E-state index in [-0.39, 0.29) is 30.2 Å². The summed E-state index contributed by atoms with van der Waals surface area (Å²) in [6.07, 6.45) is 5.05. The van der Waals surface area contributed by atoms with Gasteiger partial charge in [-0.1, -0.05) is 4.58 Å². The summed E-state index contributed by atoms with van der Waals surface area (Å²) < 4.78 is 1.06. The minimum absolute atomic E-state index is 0.277. The van der Waals surface area contributed by atoms with E-state index in [1.807, 2.05) is 0 Å². The first-order valence-electron chi connectivity index (χ1n) is 6.35. The number of carbonyl (C=O) groups excluding carboxylic acids is 4. The highest BCUT2D eigenvalue weighted by Gasteiger charge is 2.34. The van der Waals surface area contributed by atoms with E-state index in [1.54, 1.807) is 13.8 Å². The van der Waals surface area contributed by atoms with Crippen molar-refractivity contribution >= 4 is 29.8 Å². The van der Waals surface area contributed by atoms with Crippen molar-refractivity contribution in [2.24, 2.45) is 0 Å². The van der Waals surface area contributed by atoms with Gasteiger partial charge in [0, 0.05) is 24.6 Å². The predicted molar refractivity (Wildman–Crippen MR) is 69.8 cm³/mol. The number of rotatable bonds is 4. The third-order valence-corrected chi connectivity index (χ3v) is 3.22. The van der Waals surface area contributed by atoms with E-state index in [9.17, 15) is 19.2 Å². The third-order valence-electron chi connectivity index (χ3n) is 3.22. The van der Waals surface area contributed by atoms with Crippen LogP contribution in [0.3, 0.4) is 0 Å². The molecule has 0 saturated heterocycles. The summed E-state index contributed by atoms with van der Waals surface area (Å²) in [5, 5.41) is 0. The van der Waals surface area contributed by atoms with E-state index in [2.05, 4.69) is 0 Å². The fourth-order valence-corrected chi connectivity index (χ4v) is 2.10. The van der Waals surface area contributed by atoms with Gasteiger partial charge in [0.15, 0.2) is 6.21 Å². The minimum atomic E-state index is -0.349. The predicted octanol–water partition coefficient (Wildman–Crippen LogP) is 0.178. The molecule has 0 fully saturated rings. The second-order valence-electron chi connectivity index (χ2n) is 4.79. The monoisotopic (exact) mass is 275 g/mol. The van der Waals surface area contributed by atoms with E-state index >= 15 is 0 Å². The summed E-state index contributed by atoms with van der Waals surface area (Å²) in [4.78, 5) is 47.3. The number of hydrogen-bond acceptors (Lipinski definition) is 4. The van der Waals surface area contributed by atoms with Crippen LogP contribution < -0.4 is 0 Å². The van der Waals surface area contributed by atoms with E-state index in [0.29, 0.717) is 24.0 Å². The van der Waals surface area contributed by atoms with E-state index in [1.165, 1.54) is 23.3 Å². The Labute approximate surface area is 116 Å². The van der Waals surface area contributed by atoms with Crippen molar-refractivity contribution in [3.05, 3.63) is 23.3 Å². The zero-order valence-corrected chi connectivity index (χ0v) is 11.4. The number of nitrogens with zero attached hydrogens (tertiary/aromatic N) is 2. The molecule has 0 unspecified atom stereocenters. The molecule has 2 aliphatic heterocycles. The lowest BCUT2D eigenvalue weighted by Crippen LogP contribution is -2.32. The van der Waals surface area contributed by atoms with Gasteiger partial charge in [0.25, 0.3) is 11.8 Å². The molecule has 0 aliphatic carbocycles. The Hall–Kier alpha value is -2.37. The molecule has 20 heavy (non-hydrogen) atoms. The van der Waals surface area contributed by atoms with E-state index in [0.717, 1.165) is 4.58 Å². The molecule has 0 spiro atoms. The first kappa shape index (κ1) is 14.0. The Balaban J connectivity index is 1.87. The molecule has 4 amide bonds. The van der Waals surface area contributed by atoms with Crippen LogP contribution in [0.2, 0.25) is 0 Å². The highest BCUT2D eigenvalue weighted by atomic mass is 16.2. The van der Waals surface area contributed by atoms with Crippen molar-refractivity contribution in [1.29, 1.82) is 0 Å². The number of unbranched alkanes of at least 4 members (excludes halogenated alkanes) is 1. The van der Waals surface area contributed by atoms with Crippen LogP contribution in [0.5, 0.6) is 0 Å². The van der Waals surface area contributed by atoms with Gasteiger partial charge in [-0.15, -0.1) is 0 Å². The van der Waals surface area contributed by atoms with Gasteiger partial charge in [-0.05, 0) is 20.3 Å². The molecule has 6 heteroatoms. The number of imide groups is 2. The number of amides is 4. The van der Waals surface area contributed by atoms with Crippen LogP contribution in [-0.2, 0) is 19.2 Å². The van der Waals surface area contributed by atoms with Crippen molar-refractivity contribution in [2.45, 2.75) is 26.7 Å². The highest BCUT2D eigenvalue weighted by Crippen LogP contribution is 2.12. The fourth-order valence-electron chi connectivity index (χ4n) is 2.10. The summed E-state index contributed by atoms with van der Waals surface area (Å²) in [7, 11) is 0. The Bertz CT molecular complexity index is 611. The maximum atomic E-state index is 11.6. The van der Waals surface area contributed by atoms with Gasteiger partial charge in [0.05, 0.1) is 11.6 Å². The number of hydrogen-bond donors (Lipinski definition) is 0. The molecule has 0 aromatic heterocycles. The van der Waals surface area contributed by atoms with Crippen LogP contribution in [0.25, 0.3) is 0 Å². The molecule has 0 radical (unpaired) electrons. The first-order valence-corrected chi connectivity index (χ1v) is 6.35. The molecule has 104 valence electrons. The molecular weight excluding hydrogens is 260 g/mol. The molecule has 0 aromatic carbocycles. The second kappa shape index (κ2) is 5.32. The molecule has 2 heterocycles. The molecule has 2 rings (SSSR count). The summed E-state index contributed by atoms with van der Waals surface area (Å²) in [5.74, 6) is -1.25. The van der Waals surface area contributed by atoms with Crippen LogP contribution in [-0.4, -0.2) is 45.9 Å². The Morgan fingerprint density at radius 1 is 1.10 bits per heavy atom. The zero-order valence-electron chi connectivity index (χ0n) is 11.4. The van der Waals surface area contributed by atoms with Gasteiger partial charge >= 0.3 is 11.8 Å². The van der Waals surface area contributed by atoms with Gasteiger partial charge in [0.1, 0.15) is 0 Å². The number of carbonyl (C=O) groups is 4. The van der Waals surface area contributed by atoms with Crippen molar-refractivity contribution in [3.8, 4) is 0 Å². The largest absolute Gasteiger partial charge is 0.423 e.